The van der Waals surface area contributed by atoms with Crippen LogP contribution in [0.25, 0.3) is 0 Å². The Hall–Kier alpha value is -0.150. The zero-order valence-corrected chi connectivity index (χ0v) is 18.1. The molecule has 28 heavy (non-hydrogen) atoms. The summed E-state index contributed by atoms with van der Waals surface area (Å²) in [5.74, 6) is -0.881. The maximum Gasteiger partial charge on any atom is 0.224 e. The molecule has 162 valence electrons. The smallest absolute Gasteiger partial charge is 0.224 e. The van der Waals surface area contributed by atoms with Crippen LogP contribution in [0, 0.1) is 5.92 Å². The molecule has 3 aliphatic rings. The summed E-state index contributed by atoms with van der Waals surface area (Å²) in [4.78, 5) is 12.8. The number of aliphatic hydroxyl groups is 1. The van der Waals surface area contributed by atoms with Crippen molar-refractivity contribution >= 4 is 39.1 Å². The number of rotatable bonds is 5. The summed E-state index contributed by atoms with van der Waals surface area (Å²) in [6.45, 7) is 0.222. The molecule has 6 nitrogen and oxygen atoms in total. The molecule has 0 spiro atoms. The van der Waals surface area contributed by atoms with Crippen molar-refractivity contribution in [3.8, 4) is 0 Å². The van der Waals surface area contributed by atoms with E-state index < -0.39 is 38.1 Å². The normalized spacial score (nSPS) is 40.4. The van der Waals surface area contributed by atoms with E-state index in [-0.39, 0.29) is 31.0 Å². The third kappa shape index (κ3) is 4.77. The lowest BCUT2D eigenvalue weighted by Crippen LogP contribution is -2.50. The Morgan fingerprint density at radius 1 is 1.11 bits per heavy atom. The Morgan fingerprint density at radius 2 is 1.86 bits per heavy atom. The van der Waals surface area contributed by atoms with Crippen molar-refractivity contribution in [2.45, 2.75) is 85.6 Å². The number of halogens is 3. The number of nitrogens with zero attached hydrogens (tertiary/aromatic N) is 1. The van der Waals surface area contributed by atoms with E-state index in [1.807, 2.05) is 0 Å². The lowest BCUT2D eigenvalue weighted by molar-refractivity contribution is -0.126. The summed E-state index contributed by atoms with van der Waals surface area (Å²) in [6, 6.07) is -0.581. The highest BCUT2D eigenvalue weighted by molar-refractivity contribution is 7.89. The Kier molecular flexibility index (Phi) is 7.51. The van der Waals surface area contributed by atoms with Crippen LogP contribution >= 0.6 is 23.2 Å². The van der Waals surface area contributed by atoms with Gasteiger partial charge in [0.2, 0.25) is 15.9 Å². The third-order valence-electron chi connectivity index (χ3n) is 6.38. The molecule has 1 heterocycles. The van der Waals surface area contributed by atoms with Gasteiger partial charge in [0.15, 0.2) is 0 Å². The van der Waals surface area contributed by atoms with Crippen LogP contribution in [0.5, 0.6) is 0 Å². The van der Waals surface area contributed by atoms with Crippen molar-refractivity contribution in [2.24, 2.45) is 5.92 Å². The number of alkyl halides is 3. The van der Waals surface area contributed by atoms with E-state index in [1.54, 1.807) is 0 Å². The largest absolute Gasteiger partial charge is 0.395 e. The SMILES string of the molecule is O=C(NC1CCC(F)C(Cl)C1)C1CC(S(=O)(=O)N2CCCC2CO)CCC1Cl. The fourth-order valence-corrected chi connectivity index (χ4v) is 7.60. The predicted octanol–water partition coefficient (Wildman–Crippen LogP) is 2.16. The third-order valence-corrected chi connectivity index (χ3v) is 9.76. The van der Waals surface area contributed by atoms with Gasteiger partial charge in [0, 0.05) is 24.0 Å². The Bertz CT molecular complexity index is 668. The second-order valence-electron chi connectivity index (χ2n) is 8.24. The van der Waals surface area contributed by atoms with Crippen molar-refractivity contribution in [1.82, 2.24) is 9.62 Å². The minimum Gasteiger partial charge on any atom is -0.395 e. The molecular formula is C18H29Cl2FN2O4S. The first-order valence-corrected chi connectivity index (χ1v) is 12.5. The fraction of sp³-hybridized carbons (Fsp3) is 0.944. The summed E-state index contributed by atoms with van der Waals surface area (Å²) in [7, 11) is -3.60. The fourth-order valence-electron chi connectivity index (χ4n) is 4.67. The van der Waals surface area contributed by atoms with Gasteiger partial charge in [-0.25, -0.2) is 12.8 Å². The number of nitrogens with one attached hydrogen (secondary N) is 1. The monoisotopic (exact) mass is 458 g/mol. The van der Waals surface area contributed by atoms with Gasteiger partial charge in [-0.2, -0.15) is 4.31 Å². The molecule has 0 bridgehead atoms. The number of sulfonamides is 1. The van der Waals surface area contributed by atoms with E-state index >= 15 is 0 Å². The summed E-state index contributed by atoms with van der Waals surface area (Å²) in [6.07, 6.45) is 2.53. The van der Waals surface area contributed by atoms with Crippen LogP contribution in [0.2, 0.25) is 0 Å². The number of hydrogen-bond acceptors (Lipinski definition) is 4. The van der Waals surface area contributed by atoms with Crippen LogP contribution in [0.4, 0.5) is 4.39 Å². The molecule has 0 radical (unpaired) electrons. The van der Waals surface area contributed by atoms with E-state index in [2.05, 4.69) is 5.32 Å². The highest BCUT2D eigenvalue weighted by Gasteiger charge is 2.45. The molecule has 1 aliphatic heterocycles. The zero-order valence-electron chi connectivity index (χ0n) is 15.8. The highest BCUT2D eigenvalue weighted by Crippen LogP contribution is 2.36. The Labute approximate surface area is 176 Å². The Balaban J connectivity index is 1.64. The van der Waals surface area contributed by atoms with Gasteiger partial charge >= 0.3 is 0 Å². The first-order chi connectivity index (χ1) is 13.2. The van der Waals surface area contributed by atoms with Crippen molar-refractivity contribution in [2.75, 3.05) is 13.2 Å². The summed E-state index contributed by atoms with van der Waals surface area (Å²) < 4.78 is 41.1. The van der Waals surface area contributed by atoms with Gasteiger partial charge in [0.1, 0.15) is 6.17 Å². The minimum atomic E-state index is -3.60. The highest BCUT2D eigenvalue weighted by atomic mass is 35.5. The maximum atomic E-state index is 13.5. The van der Waals surface area contributed by atoms with Crippen LogP contribution in [-0.2, 0) is 14.8 Å². The number of hydrogen-bond donors (Lipinski definition) is 2. The van der Waals surface area contributed by atoms with Crippen LogP contribution in [-0.4, -0.2) is 71.1 Å². The van der Waals surface area contributed by atoms with Crippen LogP contribution in [0.1, 0.15) is 51.4 Å². The molecule has 2 saturated carbocycles. The van der Waals surface area contributed by atoms with Gasteiger partial charge in [-0.15, -0.1) is 23.2 Å². The first kappa shape index (κ1) is 22.5. The molecule has 0 aromatic rings. The lowest BCUT2D eigenvalue weighted by Gasteiger charge is -2.36. The standard InChI is InChI=1S/C18H29Cl2FN2O4S/c19-15-5-4-13(28(26,27)23-7-1-2-12(23)10-24)9-14(15)18(25)22-11-3-6-17(21)16(20)8-11/h11-17,24H,1-10H2,(H,22,25). The van der Waals surface area contributed by atoms with Gasteiger partial charge in [0.05, 0.1) is 23.2 Å². The number of aliphatic hydroxyl groups excluding tert-OH is 1. The van der Waals surface area contributed by atoms with Crippen molar-refractivity contribution in [3.63, 3.8) is 0 Å². The average Bonchev–Trinajstić information content (AvgIpc) is 3.14. The van der Waals surface area contributed by atoms with Gasteiger partial charge in [0.25, 0.3) is 0 Å². The summed E-state index contributed by atoms with van der Waals surface area (Å²) >= 11 is 12.4. The topological polar surface area (TPSA) is 86.7 Å². The van der Waals surface area contributed by atoms with Crippen molar-refractivity contribution in [1.29, 1.82) is 0 Å². The lowest BCUT2D eigenvalue weighted by atomic mass is 9.86. The second kappa shape index (κ2) is 9.33. The maximum absolute atomic E-state index is 13.5. The molecule has 2 aliphatic carbocycles. The van der Waals surface area contributed by atoms with Gasteiger partial charge in [-0.1, -0.05) is 0 Å². The van der Waals surface area contributed by atoms with E-state index in [0.29, 0.717) is 45.1 Å². The van der Waals surface area contributed by atoms with Crippen molar-refractivity contribution in [3.05, 3.63) is 0 Å². The molecule has 7 atom stereocenters. The van der Waals surface area contributed by atoms with E-state index in [9.17, 15) is 22.7 Å². The molecule has 3 fully saturated rings. The predicted molar refractivity (Wildman–Crippen MR) is 107 cm³/mol. The quantitative estimate of drug-likeness (QED) is 0.617. The van der Waals surface area contributed by atoms with Gasteiger partial charge < -0.3 is 10.4 Å². The van der Waals surface area contributed by atoms with Gasteiger partial charge in [-0.05, 0) is 51.4 Å². The molecule has 7 unspecified atom stereocenters. The number of amides is 1. The molecule has 0 aromatic carbocycles. The molecule has 10 heteroatoms. The van der Waals surface area contributed by atoms with Crippen LogP contribution in [0.15, 0.2) is 0 Å². The average molecular weight is 459 g/mol. The minimum absolute atomic E-state index is 0.166. The van der Waals surface area contributed by atoms with Crippen LogP contribution in [0.3, 0.4) is 0 Å². The molecule has 0 aromatic heterocycles. The molecule has 2 N–H and O–H groups in total. The molecule has 1 saturated heterocycles. The van der Waals surface area contributed by atoms with Crippen molar-refractivity contribution < 1.29 is 22.7 Å². The molecular weight excluding hydrogens is 430 g/mol. The molecule has 1 amide bonds. The summed E-state index contributed by atoms with van der Waals surface area (Å²) in [5, 5.41) is 10.7. The summed E-state index contributed by atoms with van der Waals surface area (Å²) in [5.41, 5.74) is 0. The number of carbonyl (C=O) groups excluding carboxylic acids is 1. The second-order valence-corrected chi connectivity index (χ2v) is 11.5. The molecule has 3 rings (SSSR count). The zero-order chi connectivity index (χ0) is 20.5. The number of carbonyl (C=O) groups is 1. The van der Waals surface area contributed by atoms with E-state index in [1.165, 1.54) is 4.31 Å². The van der Waals surface area contributed by atoms with Crippen LogP contribution < -0.4 is 5.32 Å². The van der Waals surface area contributed by atoms with E-state index in [4.69, 9.17) is 23.2 Å². The first-order valence-electron chi connectivity index (χ1n) is 10.1. The van der Waals surface area contributed by atoms with Gasteiger partial charge in [-0.3, -0.25) is 4.79 Å². The Morgan fingerprint density at radius 3 is 2.54 bits per heavy atom. The van der Waals surface area contributed by atoms with E-state index in [0.717, 1.165) is 6.42 Å².